The molecule has 160 valence electrons. The molecule has 2 heterocycles. The molecule has 1 aliphatic carbocycles. The van der Waals surface area contributed by atoms with Crippen LogP contribution in [0.15, 0.2) is 58.5 Å². The van der Waals surface area contributed by atoms with Gasteiger partial charge in [-0.25, -0.2) is 4.98 Å². The van der Waals surface area contributed by atoms with Crippen LogP contribution >= 0.6 is 11.8 Å². The Bertz CT molecular complexity index is 1200. The summed E-state index contributed by atoms with van der Waals surface area (Å²) >= 11 is 1.42. The van der Waals surface area contributed by atoms with Crippen molar-refractivity contribution in [1.82, 2.24) is 9.55 Å². The van der Waals surface area contributed by atoms with E-state index in [0.717, 1.165) is 37.8 Å². The Labute approximate surface area is 186 Å². The zero-order valence-electron chi connectivity index (χ0n) is 18.0. The Hall–Kier alpha value is -2.60. The third-order valence-corrected chi connectivity index (χ3v) is 7.59. The number of rotatable bonds is 4. The fourth-order valence-electron chi connectivity index (χ4n) is 5.00. The molecule has 2 aliphatic rings. The molecular weight excluding hydrogens is 406 g/mol. The Morgan fingerprint density at radius 3 is 2.61 bits per heavy atom. The first kappa shape index (κ1) is 20.3. The highest BCUT2D eigenvalue weighted by Gasteiger charge is 2.34. The maximum Gasteiger partial charge on any atom is 0.262 e. The van der Waals surface area contributed by atoms with E-state index in [2.05, 4.69) is 13.0 Å². The van der Waals surface area contributed by atoms with E-state index >= 15 is 0 Å². The summed E-state index contributed by atoms with van der Waals surface area (Å²) in [5.41, 5.74) is 2.93. The number of aromatic nitrogens is 2. The Kier molecular flexibility index (Phi) is 5.34. The number of para-hydroxylation sites is 2. The molecule has 1 aliphatic heterocycles. The van der Waals surface area contributed by atoms with E-state index in [9.17, 15) is 9.59 Å². The number of thioether (sulfide) groups is 1. The molecule has 0 bridgehead atoms. The highest BCUT2D eigenvalue weighted by molar-refractivity contribution is 8.00. The van der Waals surface area contributed by atoms with Crippen molar-refractivity contribution < 1.29 is 4.79 Å². The quantitative estimate of drug-likeness (QED) is 0.431. The Morgan fingerprint density at radius 1 is 1.10 bits per heavy atom. The minimum Gasteiger partial charge on any atom is -0.308 e. The maximum absolute atomic E-state index is 13.5. The number of carbonyl (C=O) groups excluding carboxylic acids is 1. The molecule has 0 unspecified atom stereocenters. The standard InChI is InChI=1S/C25H27N3O2S/c1-16-15-18-9-3-8-14-22(18)27(16)23(29)17(2)31-25-26-21-13-7-6-12-20(21)24(30)28(25)19-10-4-5-11-19/h3,6-9,12-14,16-17,19H,4-5,10-11,15H2,1-2H3/t16-,17+/m0/s1. The molecule has 2 aromatic carbocycles. The minimum atomic E-state index is -0.339. The van der Waals surface area contributed by atoms with Gasteiger partial charge in [-0.3, -0.25) is 14.2 Å². The number of carbonyl (C=O) groups is 1. The van der Waals surface area contributed by atoms with E-state index in [4.69, 9.17) is 4.98 Å². The van der Waals surface area contributed by atoms with Crippen molar-refractivity contribution in [3.8, 4) is 0 Å². The molecule has 3 aromatic rings. The number of amides is 1. The van der Waals surface area contributed by atoms with Gasteiger partial charge in [0.25, 0.3) is 5.56 Å². The van der Waals surface area contributed by atoms with Gasteiger partial charge >= 0.3 is 0 Å². The number of benzene rings is 2. The first-order valence-corrected chi connectivity index (χ1v) is 12.0. The zero-order chi connectivity index (χ0) is 21.5. The third-order valence-electron chi connectivity index (χ3n) is 6.54. The second-order valence-electron chi connectivity index (χ2n) is 8.68. The monoisotopic (exact) mass is 433 g/mol. The van der Waals surface area contributed by atoms with E-state index in [0.29, 0.717) is 16.1 Å². The van der Waals surface area contributed by atoms with Crippen LogP contribution in [-0.2, 0) is 11.2 Å². The van der Waals surface area contributed by atoms with Crippen LogP contribution in [0.25, 0.3) is 10.9 Å². The summed E-state index contributed by atoms with van der Waals surface area (Å²) in [6, 6.07) is 15.9. The smallest absolute Gasteiger partial charge is 0.262 e. The van der Waals surface area contributed by atoms with Gasteiger partial charge in [-0.1, -0.05) is 54.9 Å². The molecule has 6 heteroatoms. The van der Waals surface area contributed by atoms with Gasteiger partial charge in [0.15, 0.2) is 5.16 Å². The van der Waals surface area contributed by atoms with Crippen molar-refractivity contribution in [2.45, 2.75) is 68.4 Å². The number of fused-ring (bicyclic) bond motifs is 2. The van der Waals surface area contributed by atoms with Crippen molar-refractivity contribution in [3.05, 3.63) is 64.4 Å². The molecule has 5 rings (SSSR count). The molecule has 1 saturated carbocycles. The van der Waals surface area contributed by atoms with Gasteiger partial charge in [-0.05, 0) is 56.9 Å². The van der Waals surface area contributed by atoms with E-state index in [1.165, 1.54) is 17.3 Å². The van der Waals surface area contributed by atoms with E-state index in [1.807, 2.05) is 58.9 Å². The van der Waals surface area contributed by atoms with Gasteiger partial charge in [0.05, 0.1) is 16.2 Å². The second-order valence-corrected chi connectivity index (χ2v) is 9.98. The largest absolute Gasteiger partial charge is 0.308 e. The molecular formula is C25H27N3O2S. The summed E-state index contributed by atoms with van der Waals surface area (Å²) in [6.07, 6.45) is 5.12. The van der Waals surface area contributed by atoms with Crippen molar-refractivity contribution in [3.63, 3.8) is 0 Å². The summed E-state index contributed by atoms with van der Waals surface area (Å²) in [5, 5.41) is 0.978. The number of hydrogen-bond donors (Lipinski definition) is 0. The van der Waals surface area contributed by atoms with E-state index in [1.54, 1.807) is 0 Å². The van der Waals surface area contributed by atoms with Gasteiger partial charge in [-0.2, -0.15) is 0 Å². The molecule has 1 aromatic heterocycles. The summed E-state index contributed by atoms with van der Waals surface area (Å²) in [7, 11) is 0. The van der Waals surface area contributed by atoms with Crippen LogP contribution in [0.2, 0.25) is 0 Å². The van der Waals surface area contributed by atoms with E-state index in [-0.39, 0.29) is 28.8 Å². The lowest BCUT2D eigenvalue weighted by Crippen LogP contribution is -2.40. The van der Waals surface area contributed by atoms with Crippen LogP contribution < -0.4 is 10.5 Å². The molecule has 0 spiro atoms. The predicted octanol–water partition coefficient (Wildman–Crippen LogP) is 4.97. The summed E-state index contributed by atoms with van der Waals surface area (Å²) in [5.74, 6) is 0.0721. The van der Waals surface area contributed by atoms with Crippen LogP contribution in [0.4, 0.5) is 5.69 Å². The topological polar surface area (TPSA) is 55.2 Å². The molecule has 0 radical (unpaired) electrons. The van der Waals surface area contributed by atoms with Gasteiger partial charge in [0, 0.05) is 17.8 Å². The highest BCUT2D eigenvalue weighted by atomic mass is 32.2. The fraction of sp³-hybridized carbons (Fsp3) is 0.400. The molecule has 0 N–H and O–H groups in total. The van der Waals surface area contributed by atoms with Crippen LogP contribution in [0.3, 0.4) is 0 Å². The highest BCUT2D eigenvalue weighted by Crippen LogP contribution is 2.36. The number of hydrogen-bond acceptors (Lipinski definition) is 4. The molecule has 0 saturated heterocycles. The first-order chi connectivity index (χ1) is 15.0. The summed E-state index contributed by atoms with van der Waals surface area (Å²) in [6.45, 7) is 4.03. The van der Waals surface area contributed by atoms with Crippen molar-refractivity contribution in [1.29, 1.82) is 0 Å². The van der Waals surface area contributed by atoms with E-state index < -0.39 is 0 Å². The summed E-state index contributed by atoms with van der Waals surface area (Å²) in [4.78, 5) is 33.6. The van der Waals surface area contributed by atoms with Crippen molar-refractivity contribution in [2.75, 3.05) is 4.90 Å². The fourth-order valence-corrected chi connectivity index (χ4v) is 6.03. The van der Waals surface area contributed by atoms with Crippen LogP contribution in [0, 0.1) is 0 Å². The van der Waals surface area contributed by atoms with Gasteiger partial charge in [0.1, 0.15) is 0 Å². The third kappa shape index (κ3) is 3.57. The molecule has 1 amide bonds. The first-order valence-electron chi connectivity index (χ1n) is 11.1. The van der Waals surface area contributed by atoms with Crippen molar-refractivity contribution in [2.24, 2.45) is 0 Å². The molecule has 1 fully saturated rings. The van der Waals surface area contributed by atoms with Crippen LogP contribution in [-0.4, -0.2) is 26.8 Å². The average Bonchev–Trinajstić information content (AvgIpc) is 3.40. The molecule has 2 atom stereocenters. The van der Waals surface area contributed by atoms with Gasteiger partial charge < -0.3 is 4.90 Å². The average molecular weight is 434 g/mol. The van der Waals surface area contributed by atoms with Crippen LogP contribution in [0.5, 0.6) is 0 Å². The maximum atomic E-state index is 13.5. The molecule has 31 heavy (non-hydrogen) atoms. The molecule has 5 nitrogen and oxygen atoms in total. The second kappa shape index (κ2) is 8.15. The van der Waals surface area contributed by atoms with Crippen molar-refractivity contribution >= 4 is 34.3 Å². The minimum absolute atomic E-state index is 0.0135. The Morgan fingerprint density at radius 2 is 1.81 bits per heavy atom. The number of nitrogens with zero attached hydrogens (tertiary/aromatic N) is 3. The zero-order valence-corrected chi connectivity index (χ0v) is 18.8. The lowest BCUT2D eigenvalue weighted by molar-refractivity contribution is -0.118. The predicted molar refractivity (Wildman–Crippen MR) is 126 cm³/mol. The number of anilines is 1. The Balaban J connectivity index is 1.50. The summed E-state index contributed by atoms with van der Waals surface area (Å²) < 4.78 is 1.87. The lowest BCUT2D eigenvalue weighted by Gasteiger charge is -2.26. The SMILES string of the molecule is C[C@@H](Sc1nc2ccccc2c(=O)n1C1CCCC1)C(=O)N1c2ccccc2C[C@@H]1C. The van der Waals surface area contributed by atoms with Gasteiger partial charge in [0.2, 0.25) is 5.91 Å². The van der Waals surface area contributed by atoms with Gasteiger partial charge in [-0.15, -0.1) is 0 Å². The lowest BCUT2D eigenvalue weighted by atomic mass is 10.1. The van der Waals surface area contributed by atoms with Crippen LogP contribution in [0.1, 0.15) is 51.1 Å². The normalized spacial score (nSPS) is 19.7.